The number of likely N-dealkylation sites (tertiary alicyclic amines) is 1. The van der Waals surface area contributed by atoms with Crippen molar-refractivity contribution in [3.05, 3.63) is 85.5 Å². The van der Waals surface area contributed by atoms with Gasteiger partial charge in [-0.2, -0.15) is 0 Å². The fraction of sp³-hybridized carbons (Fsp3) is 0.105. The fourth-order valence-electron chi connectivity index (χ4n) is 3.24. The number of rotatable bonds is 6. The van der Waals surface area contributed by atoms with Crippen LogP contribution in [0.3, 0.4) is 0 Å². The maximum atomic E-state index is 12.6. The number of ketones is 1. The second-order valence-electron chi connectivity index (χ2n) is 6.48. The van der Waals surface area contributed by atoms with Crippen molar-refractivity contribution in [1.82, 2.24) is 4.90 Å². The molecule has 0 spiro atoms. The maximum absolute atomic E-state index is 12.6. The first-order chi connectivity index (χ1) is 14.6. The number of aliphatic hydroxyl groups excluding tert-OH is 1. The molecular weight excluding hydrogens is 414 g/mol. The van der Waals surface area contributed by atoms with Gasteiger partial charge in [-0.25, -0.2) is 0 Å². The molecule has 1 saturated heterocycles. The van der Waals surface area contributed by atoms with E-state index in [0.29, 0.717) is 4.90 Å². The quantitative estimate of drug-likeness (QED) is 0.229. The largest absolute Gasteiger partial charge is 0.507 e. The van der Waals surface area contributed by atoms with E-state index in [2.05, 4.69) is 0 Å². The monoisotopic (exact) mass is 427 g/mol. The molecule has 0 radical (unpaired) electrons. The molecule has 1 aliphatic heterocycles. The number of carbonyl (C=O) groups is 3. The molecule has 3 rings (SSSR count). The number of benzene rings is 2. The highest BCUT2D eigenvalue weighted by Gasteiger charge is 2.47. The minimum atomic E-state index is -1.44. The highest BCUT2D eigenvalue weighted by Crippen LogP contribution is 2.40. The Bertz CT molecular complexity index is 1150. The molecule has 1 heterocycles. The number of Topliss-reactive ketones (excluding diaryl/α,β-unsaturated/α-hetero) is 1. The lowest BCUT2D eigenvalue weighted by atomic mass is 9.95. The van der Waals surface area contributed by atoms with E-state index in [-0.39, 0.29) is 22.5 Å². The van der Waals surface area contributed by atoms with Crippen LogP contribution < -0.4 is 0 Å². The number of carboxylic acid groups (broad SMARTS) is 1. The molecule has 0 bridgehead atoms. The van der Waals surface area contributed by atoms with Crippen LogP contribution in [0.5, 0.6) is 0 Å². The average Bonchev–Trinajstić information content (AvgIpc) is 2.97. The van der Waals surface area contributed by atoms with Gasteiger partial charge in [-0.3, -0.25) is 34.6 Å². The molecule has 0 unspecified atom stereocenters. The van der Waals surface area contributed by atoms with Gasteiger partial charge >= 0.3 is 5.97 Å². The smallest absolute Gasteiger partial charge is 0.323 e. The first kappa shape index (κ1) is 21.1. The zero-order valence-corrected chi connectivity index (χ0v) is 15.5. The molecule has 1 aliphatic rings. The standard InChI is InChI=1S/C19H13N3O9/c23-14(24)9-20-16(11-2-1-3-13(8-11)22(30)31)15(18(26)19(20)27)17(25)10-4-6-12(7-5-10)21(28)29/h1-8,16,25H,9H2,(H,23,24)/b17-15+/t16-/m1/s1. The lowest BCUT2D eigenvalue weighted by molar-refractivity contribution is -0.385. The molecule has 2 N–H and O–H groups in total. The summed E-state index contributed by atoms with van der Waals surface area (Å²) in [6.45, 7) is -0.894. The molecule has 1 atom stereocenters. The summed E-state index contributed by atoms with van der Waals surface area (Å²) in [5.74, 6) is -4.53. The van der Waals surface area contributed by atoms with Gasteiger partial charge in [0.1, 0.15) is 12.3 Å². The van der Waals surface area contributed by atoms with E-state index >= 15 is 0 Å². The minimum absolute atomic E-state index is 0.0330. The van der Waals surface area contributed by atoms with Crippen LogP contribution in [0.1, 0.15) is 17.2 Å². The summed E-state index contributed by atoms with van der Waals surface area (Å²) < 4.78 is 0. The predicted octanol–water partition coefficient (Wildman–Crippen LogP) is 2.01. The van der Waals surface area contributed by atoms with Gasteiger partial charge in [-0.15, -0.1) is 0 Å². The summed E-state index contributed by atoms with van der Waals surface area (Å²) in [5, 5.41) is 41.8. The van der Waals surface area contributed by atoms with Crippen LogP contribution in [-0.2, 0) is 14.4 Å². The van der Waals surface area contributed by atoms with Crippen LogP contribution in [0.4, 0.5) is 11.4 Å². The van der Waals surface area contributed by atoms with Crippen molar-refractivity contribution in [1.29, 1.82) is 0 Å². The van der Waals surface area contributed by atoms with Crippen LogP contribution in [0.2, 0.25) is 0 Å². The first-order valence-corrected chi connectivity index (χ1v) is 8.61. The van der Waals surface area contributed by atoms with Gasteiger partial charge in [0.05, 0.1) is 21.5 Å². The van der Waals surface area contributed by atoms with E-state index in [1.807, 2.05) is 0 Å². The molecule has 1 fully saturated rings. The Hall–Kier alpha value is -4.61. The third kappa shape index (κ3) is 3.94. The lowest BCUT2D eigenvalue weighted by Gasteiger charge is -2.23. The molecule has 0 aliphatic carbocycles. The molecule has 12 heteroatoms. The van der Waals surface area contributed by atoms with Crippen molar-refractivity contribution < 1.29 is 34.4 Å². The summed E-state index contributed by atoms with van der Waals surface area (Å²) in [7, 11) is 0. The summed E-state index contributed by atoms with van der Waals surface area (Å²) in [6.07, 6.45) is 0. The van der Waals surface area contributed by atoms with Gasteiger partial charge in [0.15, 0.2) is 0 Å². The second-order valence-corrected chi connectivity index (χ2v) is 6.48. The summed E-state index contributed by atoms with van der Waals surface area (Å²) >= 11 is 0. The summed E-state index contributed by atoms with van der Waals surface area (Å²) in [4.78, 5) is 57.6. The topological polar surface area (TPSA) is 181 Å². The molecule has 158 valence electrons. The van der Waals surface area contributed by atoms with Gasteiger partial charge in [-0.1, -0.05) is 12.1 Å². The fourth-order valence-corrected chi connectivity index (χ4v) is 3.24. The molecule has 0 aromatic heterocycles. The second kappa shape index (κ2) is 8.02. The van der Waals surface area contributed by atoms with Crippen molar-refractivity contribution in [2.75, 3.05) is 6.54 Å². The van der Waals surface area contributed by atoms with Crippen LogP contribution in [0, 0.1) is 20.2 Å². The molecule has 31 heavy (non-hydrogen) atoms. The van der Waals surface area contributed by atoms with Crippen LogP contribution in [-0.4, -0.2) is 49.2 Å². The Balaban J connectivity index is 2.20. The van der Waals surface area contributed by atoms with Gasteiger partial charge < -0.3 is 15.1 Å². The molecule has 1 amide bonds. The number of amides is 1. The molecule has 2 aromatic carbocycles. The third-order valence-electron chi connectivity index (χ3n) is 4.59. The van der Waals surface area contributed by atoms with E-state index in [0.717, 1.165) is 30.3 Å². The number of carboxylic acids is 1. The first-order valence-electron chi connectivity index (χ1n) is 8.61. The summed E-state index contributed by atoms with van der Waals surface area (Å²) in [6, 6.07) is 7.92. The predicted molar refractivity (Wildman–Crippen MR) is 103 cm³/mol. The number of nitro groups is 2. The van der Waals surface area contributed by atoms with Gasteiger partial charge in [0.2, 0.25) is 0 Å². The van der Waals surface area contributed by atoms with E-state index in [9.17, 15) is 39.7 Å². The third-order valence-corrected chi connectivity index (χ3v) is 4.59. The SMILES string of the molecule is O=C(O)CN1C(=O)C(=O)/C(=C(/O)c2ccc([N+](=O)[O-])cc2)[C@H]1c1cccc([N+](=O)[O-])c1. The number of nitrogens with zero attached hydrogens (tertiary/aromatic N) is 3. The van der Waals surface area contributed by atoms with Crippen molar-refractivity contribution in [2.24, 2.45) is 0 Å². The van der Waals surface area contributed by atoms with E-state index in [4.69, 9.17) is 5.11 Å². The van der Waals surface area contributed by atoms with Gasteiger partial charge in [0.25, 0.3) is 23.1 Å². The number of aliphatic hydroxyl groups is 1. The molecule has 0 saturated carbocycles. The van der Waals surface area contributed by atoms with Crippen LogP contribution in [0.15, 0.2) is 54.1 Å². The number of hydrogen-bond acceptors (Lipinski definition) is 8. The average molecular weight is 427 g/mol. The zero-order chi connectivity index (χ0) is 22.9. The molecule has 2 aromatic rings. The Morgan fingerprint density at radius 1 is 0.968 bits per heavy atom. The van der Waals surface area contributed by atoms with Crippen LogP contribution >= 0.6 is 0 Å². The number of aliphatic carboxylic acids is 1. The Morgan fingerprint density at radius 2 is 1.58 bits per heavy atom. The number of nitro benzene ring substituents is 2. The minimum Gasteiger partial charge on any atom is -0.507 e. The Morgan fingerprint density at radius 3 is 2.13 bits per heavy atom. The normalized spacial score (nSPS) is 17.5. The summed E-state index contributed by atoms with van der Waals surface area (Å²) in [5.41, 5.74) is -1.13. The van der Waals surface area contributed by atoms with Gasteiger partial charge in [0, 0.05) is 29.8 Å². The van der Waals surface area contributed by atoms with Crippen molar-refractivity contribution >= 4 is 34.8 Å². The van der Waals surface area contributed by atoms with Crippen molar-refractivity contribution in [3.63, 3.8) is 0 Å². The number of carbonyl (C=O) groups excluding carboxylic acids is 2. The van der Waals surface area contributed by atoms with Crippen LogP contribution in [0.25, 0.3) is 5.76 Å². The van der Waals surface area contributed by atoms with Crippen molar-refractivity contribution in [2.45, 2.75) is 6.04 Å². The molecular formula is C19H13N3O9. The Kier molecular flexibility index (Phi) is 5.46. The van der Waals surface area contributed by atoms with Gasteiger partial charge in [-0.05, 0) is 17.7 Å². The lowest BCUT2D eigenvalue weighted by Crippen LogP contribution is -2.34. The van der Waals surface area contributed by atoms with E-state index < -0.39 is 51.4 Å². The van der Waals surface area contributed by atoms with E-state index in [1.165, 1.54) is 18.2 Å². The zero-order valence-electron chi connectivity index (χ0n) is 15.5. The Labute approximate surface area is 172 Å². The maximum Gasteiger partial charge on any atom is 0.323 e. The van der Waals surface area contributed by atoms with Crippen molar-refractivity contribution in [3.8, 4) is 0 Å². The molecule has 12 nitrogen and oxygen atoms in total. The van der Waals surface area contributed by atoms with E-state index in [1.54, 1.807) is 0 Å². The highest BCUT2D eigenvalue weighted by molar-refractivity contribution is 6.46. The highest BCUT2D eigenvalue weighted by atomic mass is 16.6. The number of hydrogen-bond donors (Lipinski definition) is 2. The number of non-ortho nitro benzene ring substituents is 2.